The first-order chi connectivity index (χ1) is 9.41. The number of benzene rings is 1. The number of carbonyl (C=O) groups excluding carboxylic acids is 1. The molecule has 0 aromatic heterocycles. The van der Waals surface area contributed by atoms with Gasteiger partial charge in [-0.25, -0.2) is 17.9 Å². The molecule has 20 heavy (non-hydrogen) atoms. The van der Waals surface area contributed by atoms with Crippen LogP contribution in [0.15, 0.2) is 23.1 Å². The highest BCUT2D eigenvalue weighted by Gasteiger charge is 2.26. The number of carbonyl (C=O) groups is 1. The zero-order valence-electron chi connectivity index (χ0n) is 10.6. The van der Waals surface area contributed by atoms with Gasteiger partial charge in [-0.3, -0.25) is 4.79 Å². The smallest absolute Gasteiger partial charge is 0.238 e. The van der Waals surface area contributed by atoms with Crippen molar-refractivity contribution in [1.29, 1.82) is 0 Å². The molecule has 0 radical (unpaired) electrons. The van der Waals surface area contributed by atoms with Crippen LogP contribution in [0.5, 0.6) is 5.75 Å². The number of halogens is 1. The maximum Gasteiger partial charge on any atom is 0.238 e. The van der Waals surface area contributed by atoms with Crippen LogP contribution in [0.1, 0.15) is 5.56 Å². The second-order valence-corrected chi connectivity index (χ2v) is 6.07. The molecule has 1 atom stereocenters. The van der Waals surface area contributed by atoms with Crippen molar-refractivity contribution in [3.63, 3.8) is 0 Å². The normalized spacial score (nSPS) is 18.0. The molecule has 6 nitrogen and oxygen atoms in total. The number of primary sulfonamides is 1. The molecular weight excluding hydrogens is 287 g/mol. The molecule has 3 N–H and O–H groups in total. The number of fused-ring (bicyclic) bond motifs is 1. The summed E-state index contributed by atoms with van der Waals surface area (Å²) in [6.45, 7) is -0.495. The number of amides is 1. The lowest BCUT2D eigenvalue weighted by molar-refractivity contribution is -0.126. The Bertz CT molecular complexity index is 618. The molecular formula is C12H15FN2O4S. The number of ether oxygens (including phenoxy) is 1. The van der Waals surface area contributed by atoms with Crippen LogP contribution >= 0.6 is 0 Å². The Morgan fingerprint density at radius 1 is 1.50 bits per heavy atom. The van der Waals surface area contributed by atoms with Crippen molar-refractivity contribution in [2.24, 2.45) is 11.1 Å². The number of nitrogens with two attached hydrogens (primary N) is 1. The summed E-state index contributed by atoms with van der Waals surface area (Å²) in [6.07, 6.45) is 0.330. The van der Waals surface area contributed by atoms with E-state index in [1.165, 1.54) is 18.2 Å². The SMILES string of the molecule is NS(=O)(=O)c1ccc2c(c1)CC(C(=O)NCCF)CO2. The molecule has 1 aromatic rings. The topological polar surface area (TPSA) is 98.5 Å². The van der Waals surface area contributed by atoms with Crippen LogP contribution in [0.25, 0.3) is 0 Å². The van der Waals surface area contributed by atoms with Crippen molar-refractivity contribution in [3.05, 3.63) is 23.8 Å². The molecule has 0 saturated carbocycles. The van der Waals surface area contributed by atoms with Crippen molar-refractivity contribution in [2.75, 3.05) is 19.8 Å². The first kappa shape index (κ1) is 14.7. The molecule has 2 rings (SSSR count). The monoisotopic (exact) mass is 302 g/mol. The van der Waals surface area contributed by atoms with Crippen LogP contribution in [0.2, 0.25) is 0 Å². The second kappa shape index (κ2) is 5.76. The highest BCUT2D eigenvalue weighted by molar-refractivity contribution is 7.89. The summed E-state index contributed by atoms with van der Waals surface area (Å²) < 4.78 is 40.0. The molecule has 0 bridgehead atoms. The summed E-state index contributed by atoms with van der Waals surface area (Å²) >= 11 is 0. The fraction of sp³-hybridized carbons (Fsp3) is 0.417. The lowest BCUT2D eigenvalue weighted by Crippen LogP contribution is -2.38. The van der Waals surface area contributed by atoms with Crippen LogP contribution in [-0.4, -0.2) is 34.2 Å². The van der Waals surface area contributed by atoms with Gasteiger partial charge in [0, 0.05) is 6.54 Å². The van der Waals surface area contributed by atoms with Gasteiger partial charge >= 0.3 is 0 Å². The Morgan fingerprint density at radius 2 is 2.25 bits per heavy atom. The number of nitrogens with one attached hydrogen (secondary N) is 1. The van der Waals surface area contributed by atoms with E-state index in [9.17, 15) is 17.6 Å². The van der Waals surface area contributed by atoms with Crippen molar-refractivity contribution >= 4 is 15.9 Å². The lowest BCUT2D eigenvalue weighted by atomic mass is 9.96. The van der Waals surface area contributed by atoms with E-state index in [4.69, 9.17) is 9.88 Å². The average molecular weight is 302 g/mol. The summed E-state index contributed by atoms with van der Waals surface area (Å²) in [5.41, 5.74) is 0.600. The minimum atomic E-state index is -3.79. The second-order valence-electron chi connectivity index (χ2n) is 4.51. The van der Waals surface area contributed by atoms with E-state index in [2.05, 4.69) is 5.32 Å². The zero-order chi connectivity index (χ0) is 14.8. The van der Waals surface area contributed by atoms with Gasteiger partial charge in [0.15, 0.2) is 0 Å². The van der Waals surface area contributed by atoms with Gasteiger partial charge in [0.1, 0.15) is 19.0 Å². The largest absolute Gasteiger partial charge is 0.492 e. The molecule has 0 aliphatic carbocycles. The van der Waals surface area contributed by atoms with Gasteiger partial charge < -0.3 is 10.1 Å². The summed E-state index contributed by atoms with van der Waals surface area (Å²) in [5, 5.41) is 7.50. The van der Waals surface area contributed by atoms with Gasteiger partial charge in [0.25, 0.3) is 0 Å². The number of alkyl halides is 1. The van der Waals surface area contributed by atoms with Crippen LogP contribution in [-0.2, 0) is 21.2 Å². The van der Waals surface area contributed by atoms with Crippen molar-refractivity contribution in [1.82, 2.24) is 5.32 Å². The third-order valence-corrected chi connectivity index (χ3v) is 3.94. The Labute approximate surface area is 116 Å². The van der Waals surface area contributed by atoms with Gasteiger partial charge in [-0.1, -0.05) is 0 Å². The Morgan fingerprint density at radius 3 is 2.90 bits per heavy atom. The fourth-order valence-corrected chi connectivity index (χ4v) is 2.60. The molecule has 1 amide bonds. The quantitative estimate of drug-likeness (QED) is 0.816. The highest BCUT2D eigenvalue weighted by atomic mass is 32.2. The zero-order valence-corrected chi connectivity index (χ0v) is 11.5. The Kier molecular flexibility index (Phi) is 4.24. The Balaban J connectivity index is 2.18. The van der Waals surface area contributed by atoms with Gasteiger partial charge in [-0.05, 0) is 30.2 Å². The van der Waals surface area contributed by atoms with Gasteiger partial charge in [0.2, 0.25) is 15.9 Å². The molecule has 1 heterocycles. The molecule has 1 aromatic carbocycles. The average Bonchev–Trinajstić information content (AvgIpc) is 2.42. The number of sulfonamides is 1. The summed E-state index contributed by atoms with van der Waals surface area (Å²) in [4.78, 5) is 11.7. The van der Waals surface area contributed by atoms with E-state index in [-0.39, 0.29) is 24.0 Å². The van der Waals surface area contributed by atoms with E-state index in [1.807, 2.05) is 0 Å². The highest BCUT2D eigenvalue weighted by Crippen LogP contribution is 2.29. The molecule has 110 valence electrons. The third-order valence-electron chi connectivity index (χ3n) is 3.03. The standard InChI is InChI=1S/C12H15FN2O4S/c13-3-4-15-12(16)9-5-8-6-10(20(14,17)18)1-2-11(8)19-7-9/h1-2,6,9H,3-5,7H2,(H,15,16)(H2,14,17,18). The van der Waals surface area contributed by atoms with Gasteiger partial charge in [-0.15, -0.1) is 0 Å². The Hall–Kier alpha value is -1.67. The number of hydrogen-bond acceptors (Lipinski definition) is 4. The fourth-order valence-electron chi connectivity index (χ4n) is 2.03. The number of hydrogen-bond donors (Lipinski definition) is 2. The third kappa shape index (κ3) is 3.26. The van der Waals surface area contributed by atoms with Gasteiger partial charge in [0.05, 0.1) is 10.8 Å². The lowest BCUT2D eigenvalue weighted by Gasteiger charge is -2.24. The van der Waals surface area contributed by atoms with Crippen molar-refractivity contribution in [3.8, 4) is 5.75 Å². The predicted molar refractivity (Wildman–Crippen MR) is 69.5 cm³/mol. The van der Waals surface area contributed by atoms with E-state index in [0.29, 0.717) is 17.7 Å². The van der Waals surface area contributed by atoms with E-state index in [0.717, 1.165) is 0 Å². The van der Waals surface area contributed by atoms with Gasteiger partial charge in [-0.2, -0.15) is 0 Å². The van der Waals surface area contributed by atoms with E-state index in [1.54, 1.807) is 0 Å². The molecule has 1 aliphatic rings. The van der Waals surface area contributed by atoms with Crippen LogP contribution in [0.3, 0.4) is 0 Å². The molecule has 0 spiro atoms. The minimum Gasteiger partial charge on any atom is -0.492 e. The molecule has 0 saturated heterocycles. The first-order valence-corrected chi connectivity index (χ1v) is 7.58. The van der Waals surface area contributed by atoms with Crippen LogP contribution < -0.4 is 15.2 Å². The molecule has 1 unspecified atom stereocenters. The first-order valence-electron chi connectivity index (χ1n) is 6.04. The maximum absolute atomic E-state index is 12.0. The van der Waals surface area contributed by atoms with Crippen molar-refractivity contribution in [2.45, 2.75) is 11.3 Å². The van der Waals surface area contributed by atoms with Crippen LogP contribution in [0, 0.1) is 5.92 Å². The minimum absolute atomic E-state index is 0.0235. The van der Waals surface area contributed by atoms with E-state index >= 15 is 0 Å². The maximum atomic E-state index is 12.0. The molecule has 8 heteroatoms. The predicted octanol–water partition coefficient (Wildman–Crippen LogP) is -0.0292. The summed E-state index contributed by atoms with van der Waals surface area (Å²) in [5.74, 6) is -0.244. The summed E-state index contributed by atoms with van der Waals surface area (Å²) in [6, 6.07) is 4.28. The number of rotatable bonds is 4. The van der Waals surface area contributed by atoms with Crippen LogP contribution in [0.4, 0.5) is 4.39 Å². The molecule has 0 fully saturated rings. The molecule has 1 aliphatic heterocycles. The van der Waals surface area contributed by atoms with E-state index < -0.39 is 22.6 Å². The summed E-state index contributed by atoms with van der Waals surface area (Å²) in [7, 11) is -3.79. The van der Waals surface area contributed by atoms with Crippen molar-refractivity contribution < 1.29 is 22.3 Å².